The molecule has 0 aliphatic rings. The predicted octanol–water partition coefficient (Wildman–Crippen LogP) is 4.46. The van der Waals surface area contributed by atoms with E-state index in [1.165, 1.54) is 0 Å². The van der Waals surface area contributed by atoms with Gasteiger partial charge in [-0.1, -0.05) is 31.9 Å². The predicted molar refractivity (Wildman–Crippen MR) is 84.3 cm³/mol. The highest BCUT2D eigenvalue weighted by Gasteiger charge is 2.18. The third kappa shape index (κ3) is 3.16. The zero-order chi connectivity index (χ0) is 13.1. The van der Waals surface area contributed by atoms with Crippen LogP contribution in [0.1, 0.15) is 0 Å². The second-order valence-corrected chi connectivity index (χ2v) is 5.79. The summed E-state index contributed by atoms with van der Waals surface area (Å²) >= 11 is 6.82. The number of hydrogen-bond acceptors (Lipinski definition) is 2. The van der Waals surface area contributed by atoms with Crippen molar-refractivity contribution >= 4 is 50.3 Å². The van der Waals surface area contributed by atoms with E-state index < -0.39 is 7.05 Å². The Morgan fingerprint density at radius 3 is 1.44 bits per heavy atom. The molecule has 0 aliphatic carbocycles. The van der Waals surface area contributed by atoms with Crippen molar-refractivity contribution in [1.29, 1.82) is 0 Å². The molecule has 18 heavy (non-hydrogen) atoms. The molecule has 2 rings (SSSR count). The number of nitrogens with zero attached hydrogens (tertiary/aromatic N) is 1. The van der Waals surface area contributed by atoms with E-state index in [0.717, 1.165) is 20.3 Å². The van der Waals surface area contributed by atoms with Gasteiger partial charge in [0.05, 0.1) is 0 Å². The van der Waals surface area contributed by atoms with Gasteiger partial charge in [0.25, 0.3) is 0 Å². The highest BCUT2D eigenvalue weighted by Crippen LogP contribution is 2.28. The first-order valence-electron chi connectivity index (χ1n) is 5.56. The van der Waals surface area contributed by atoms with Crippen LogP contribution in [0, 0.1) is 0 Å². The number of rotatable bonds is 3. The first-order valence-corrected chi connectivity index (χ1v) is 7.15. The van der Waals surface area contributed by atoms with Crippen molar-refractivity contribution in [2.75, 3.05) is 4.81 Å². The standard InChI is InChI=1S/C13H12BBr2NO/c1-14(18)17(12-6-2-10(15)3-7-12)13-8-4-11(16)5-9-13/h2-9,18H,1H3. The zero-order valence-corrected chi connectivity index (χ0v) is 13.0. The van der Waals surface area contributed by atoms with Crippen LogP contribution in [0.2, 0.25) is 6.82 Å². The smallest absolute Gasteiger partial charge is 0.414 e. The van der Waals surface area contributed by atoms with Crippen LogP contribution in [0.4, 0.5) is 11.4 Å². The lowest BCUT2D eigenvalue weighted by atomic mass is 9.83. The van der Waals surface area contributed by atoms with Crippen molar-refractivity contribution < 1.29 is 5.02 Å². The Morgan fingerprint density at radius 1 is 0.833 bits per heavy atom. The molecule has 0 unspecified atom stereocenters. The molecule has 0 fully saturated rings. The van der Waals surface area contributed by atoms with Crippen molar-refractivity contribution in [1.82, 2.24) is 0 Å². The lowest BCUT2D eigenvalue weighted by Crippen LogP contribution is -2.32. The van der Waals surface area contributed by atoms with Crippen molar-refractivity contribution in [3.8, 4) is 0 Å². The topological polar surface area (TPSA) is 23.5 Å². The molecule has 0 aliphatic heterocycles. The quantitative estimate of drug-likeness (QED) is 0.808. The maximum Gasteiger partial charge on any atom is 0.414 e. The number of halogens is 2. The van der Waals surface area contributed by atoms with Gasteiger partial charge in [-0.25, -0.2) is 0 Å². The summed E-state index contributed by atoms with van der Waals surface area (Å²) in [6, 6.07) is 15.7. The van der Waals surface area contributed by atoms with Crippen LogP contribution in [-0.4, -0.2) is 12.1 Å². The Morgan fingerprint density at radius 2 is 1.17 bits per heavy atom. The second kappa shape index (κ2) is 5.91. The molecule has 0 heterocycles. The fourth-order valence-electron chi connectivity index (χ4n) is 1.78. The van der Waals surface area contributed by atoms with Crippen LogP contribution in [0.15, 0.2) is 57.5 Å². The third-order valence-electron chi connectivity index (χ3n) is 2.58. The van der Waals surface area contributed by atoms with E-state index >= 15 is 0 Å². The lowest BCUT2D eigenvalue weighted by molar-refractivity contribution is 0.578. The van der Waals surface area contributed by atoms with Crippen LogP contribution in [0.25, 0.3) is 0 Å². The summed E-state index contributed by atoms with van der Waals surface area (Å²) in [4.78, 5) is 1.87. The van der Waals surface area contributed by atoms with Crippen molar-refractivity contribution in [2.24, 2.45) is 0 Å². The van der Waals surface area contributed by atoms with Gasteiger partial charge in [-0.2, -0.15) is 0 Å². The molecule has 0 amide bonds. The maximum absolute atomic E-state index is 9.96. The summed E-state index contributed by atoms with van der Waals surface area (Å²) in [5.74, 6) is 0. The molecule has 5 heteroatoms. The van der Waals surface area contributed by atoms with Gasteiger partial charge in [0.2, 0.25) is 0 Å². The largest absolute Gasteiger partial charge is 0.432 e. The van der Waals surface area contributed by atoms with Gasteiger partial charge in [-0.3, -0.25) is 0 Å². The first kappa shape index (κ1) is 13.7. The van der Waals surface area contributed by atoms with Crippen molar-refractivity contribution in [3.63, 3.8) is 0 Å². The molecule has 0 spiro atoms. The number of benzene rings is 2. The van der Waals surface area contributed by atoms with E-state index in [-0.39, 0.29) is 0 Å². The van der Waals surface area contributed by atoms with Gasteiger partial charge < -0.3 is 9.83 Å². The molecular formula is C13H12BBr2NO. The molecule has 0 saturated heterocycles. The van der Waals surface area contributed by atoms with Gasteiger partial charge >= 0.3 is 7.05 Å². The summed E-state index contributed by atoms with van der Waals surface area (Å²) in [5, 5.41) is 9.96. The van der Waals surface area contributed by atoms with E-state index in [4.69, 9.17) is 0 Å². The normalized spacial score (nSPS) is 10.2. The fraction of sp³-hybridized carbons (Fsp3) is 0.0769. The summed E-state index contributed by atoms with van der Waals surface area (Å²) in [6.45, 7) is 1.75. The third-order valence-corrected chi connectivity index (χ3v) is 3.64. The van der Waals surface area contributed by atoms with E-state index in [2.05, 4.69) is 31.9 Å². The monoisotopic (exact) mass is 367 g/mol. The number of hydrogen-bond donors (Lipinski definition) is 1. The Kier molecular flexibility index (Phi) is 4.48. The second-order valence-electron chi connectivity index (χ2n) is 3.95. The molecule has 2 aromatic carbocycles. The molecule has 0 bridgehead atoms. The van der Waals surface area contributed by atoms with E-state index in [1.54, 1.807) is 6.82 Å². The van der Waals surface area contributed by atoms with Crippen LogP contribution >= 0.6 is 31.9 Å². The van der Waals surface area contributed by atoms with E-state index in [1.807, 2.05) is 53.3 Å². The minimum atomic E-state index is -0.590. The highest BCUT2D eigenvalue weighted by atomic mass is 79.9. The van der Waals surface area contributed by atoms with Crippen LogP contribution in [0.3, 0.4) is 0 Å². The fourth-order valence-corrected chi connectivity index (χ4v) is 2.31. The summed E-state index contributed by atoms with van der Waals surface area (Å²) in [7, 11) is -0.590. The Hall–Kier alpha value is -0.775. The van der Waals surface area contributed by atoms with E-state index in [9.17, 15) is 5.02 Å². The van der Waals surface area contributed by atoms with Gasteiger partial charge in [0.15, 0.2) is 0 Å². The van der Waals surface area contributed by atoms with Gasteiger partial charge in [-0.15, -0.1) is 0 Å². The molecule has 0 saturated carbocycles. The van der Waals surface area contributed by atoms with E-state index in [0.29, 0.717) is 0 Å². The lowest BCUT2D eigenvalue weighted by Gasteiger charge is -2.26. The molecule has 2 aromatic rings. The molecule has 92 valence electrons. The zero-order valence-electron chi connectivity index (χ0n) is 9.85. The highest BCUT2D eigenvalue weighted by molar-refractivity contribution is 9.10. The van der Waals surface area contributed by atoms with Gasteiger partial charge in [0, 0.05) is 20.3 Å². The van der Waals surface area contributed by atoms with Gasteiger partial charge in [0.1, 0.15) is 0 Å². The molecule has 0 atom stereocenters. The first-order chi connectivity index (χ1) is 8.58. The molecule has 1 N–H and O–H groups in total. The molecule has 2 nitrogen and oxygen atoms in total. The average Bonchev–Trinajstić information content (AvgIpc) is 2.34. The summed E-state index contributed by atoms with van der Waals surface area (Å²) in [5.41, 5.74) is 1.91. The van der Waals surface area contributed by atoms with Crippen molar-refractivity contribution in [3.05, 3.63) is 57.5 Å². The number of anilines is 2. The Bertz CT molecular complexity index is 468. The summed E-state index contributed by atoms with van der Waals surface area (Å²) < 4.78 is 2.04. The SMILES string of the molecule is CB(O)N(c1ccc(Br)cc1)c1ccc(Br)cc1. The molecular weight excluding hydrogens is 357 g/mol. The van der Waals surface area contributed by atoms with Crippen LogP contribution in [-0.2, 0) is 0 Å². The minimum absolute atomic E-state index is 0.590. The molecule has 0 radical (unpaired) electrons. The Labute approximate surface area is 124 Å². The average molecular weight is 369 g/mol. The van der Waals surface area contributed by atoms with Crippen molar-refractivity contribution in [2.45, 2.75) is 6.82 Å². The Balaban J connectivity index is 2.39. The minimum Gasteiger partial charge on any atom is -0.432 e. The van der Waals surface area contributed by atoms with Crippen LogP contribution in [0.5, 0.6) is 0 Å². The maximum atomic E-state index is 9.96. The summed E-state index contributed by atoms with van der Waals surface area (Å²) in [6.07, 6.45) is 0. The van der Waals surface area contributed by atoms with Gasteiger partial charge in [-0.05, 0) is 55.4 Å². The molecule has 0 aromatic heterocycles. The van der Waals surface area contributed by atoms with Crippen LogP contribution < -0.4 is 4.81 Å².